The van der Waals surface area contributed by atoms with Gasteiger partial charge in [-0.1, -0.05) is 6.42 Å². The van der Waals surface area contributed by atoms with Crippen molar-refractivity contribution in [1.29, 1.82) is 0 Å². The lowest BCUT2D eigenvalue weighted by Gasteiger charge is -2.32. The van der Waals surface area contributed by atoms with Crippen molar-refractivity contribution in [3.8, 4) is 0 Å². The molecule has 2 saturated heterocycles. The molecule has 3 rings (SSSR count). The van der Waals surface area contributed by atoms with Gasteiger partial charge >= 0.3 is 0 Å². The Balaban J connectivity index is 1.73. The van der Waals surface area contributed by atoms with E-state index < -0.39 is 10.0 Å². The van der Waals surface area contributed by atoms with E-state index in [1.54, 1.807) is 24.3 Å². The third-order valence-electron chi connectivity index (χ3n) is 4.62. The molecule has 0 spiro atoms. The summed E-state index contributed by atoms with van der Waals surface area (Å²) >= 11 is 0. The Morgan fingerprint density at radius 3 is 2.57 bits per heavy atom. The van der Waals surface area contributed by atoms with Crippen molar-refractivity contribution in [2.45, 2.75) is 42.7 Å². The van der Waals surface area contributed by atoms with Gasteiger partial charge in [-0.3, -0.25) is 4.90 Å². The molecule has 2 fully saturated rings. The first kappa shape index (κ1) is 14.8. The highest BCUT2D eigenvalue weighted by Crippen LogP contribution is 2.28. The van der Waals surface area contributed by atoms with E-state index in [0.717, 1.165) is 31.6 Å². The first-order chi connectivity index (χ1) is 10.1. The summed E-state index contributed by atoms with van der Waals surface area (Å²) in [4.78, 5) is 2.77. The molecular weight excluding hydrogens is 286 g/mol. The summed E-state index contributed by atoms with van der Waals surface area (Å²) in [6.07, 6.45) is 4.46. The minimum Gasteiger partial charge on any atom is -0.388 e. The second-order valence-electron chi connectivity index (χ2n) is 5.89. The van der Waals surface area contributed by atoms with Crippen LogP contribution in [0.3, 0.4) is 0 Å². The van der Waals surface area contributed by atoms with E-state index in [1.807, 2.05) is 7.05 Å². The van der Waals surface area contributed by atoms with Crippen molar-refractivity contribution in [3.05, 3.63) is 24.3 Å². The molecular formula is C15H23N3O2S. The molecule has 2 aliphatic rings. The average Bonchev–Trinajstić information content (AvgIpc) is 2.90. The fourth-order valence-electron chi connectivity index (χ4n) is 3.45. The molecule has 21 heavy (non-hydrogen) atoms. The lowest BCUT2D eigenvalue weighted by Crippen LogP contribution is -2.46. The zero-order valence-electron chi connectivity index (χ0n) is 12.4. The SMILES string of the molecule is CNc1ccc(S(=O)(=O)NC2CCN3CCCCC23)cc1. The van der Waals surface area contributed by atoms with Crippen LogP contribution in [0.2, 0.25) is 0 Å². The smallest absolute Gasteiger partial charge is 0.240 e. The second-order valence-corrected chi connectivity index (χ2v) is 7.60. The predicted molar refractivity (Wildman–Crippen MR) is 83.9 cm³/mol. The molecule has 0 saturated carbocycles. The Labute approximate surface area is 126 Å². The maximum absolute atomic E-state index is 12.5. The number of hydrogen-bond acceptors (Lipinski definition) is 4. The van der Waals surface area contributed by atoms with Crippen LogP contribution in [0.25, 0.3) is 0 Å². The molecule has 2 unspecified atom stereocenters. The number of nitrogens with zero attached hydrogens (tertiary/aromatic N) is 1. The number of rotatable bonds is 4. The molecule has 0 amide bonds. The van der Waals surface area contributed by atoms with Crippen LogP contribution < -0.4 is 10.0 Å². The summed E-state index contributed by atoms with van der Waals surface area (Å²) < 4.78 is 27.9. The molecule has 6 heteroatoms. The summed E-state index contributed by atoms with van der Waals surface area (Å²) in [5.74, 6) is 0. The van der Waals surface area contributed by atoms with Gasteiger partial charge in [-0.05, 0) is 50.1 Å². The van der Waals surface area contributed by atoms with Crippen LogP contribution in [0, 0.1) is 0 Å². The fourth-order valence-corrected chi connectivity index (χ4v) is 4.76. The molecule has 0 bridgehead atoms. The topological polar surface area (TPSA) is 61.4 Å². The zero-order valence-corrected chi connectivity index (χ0v) is 13.2. The standard InChI is InChI=1S/C15H23N3O2S/c1-16-12-5-7-13(8-6-12)21(19,20)17-14-9-11-18-10-3-2-4-15(14)18/h5-8,14-17H,2-4,9-11H2,1H3. The third kappa shape index (κ3) is 3.07. The molecule has 0 aromatic heterocycles. The van der Waals surface area contributed by atoms with Gasteiger partial charge in [-0.15, -0.1) is 0 Å². The van der Waals surface area contributed by atoms with E-state index in [-0.39, 0.29) is 6.04 Å². The summed E-state index contributed by atoms with van der Waals surface area (Å²) in [5, 5.41) is 2.99. The molecule has 1 aromatic carbocycles. The normalized spacial score (nSPS) is 26.5. The van der Waals surface area contributed by atoms with Crippen LogP contribution in [0.1, 0.15) is 25.7 Å². The lowest BCUT2D eigenvalue weighted by molar-refractivity contribution is 0.186. The fraction of sp³-hybridized carbons (Fsp3) is 0.600. The van der Waals surface area contributed by atoms with Gasteiger partial charge < -0.3 is 5.32 Å². The number of benzene rings is 1. The largest absolute Gasteiger partial charge is 0.388 e. The van der Waals surface area contributed by atoms with Gasteiger partial charge in [0.15, 0.2) is 0 Å². The van der Waals surface area contributed by atoms with Gasteiger partial charge in [0.05, 0.1) is 4.90 Å². The Bertz CT molecular complexity index is 585. The van der Waals surface area contributed by atoms with E-state index in [9.17, 15) is 8.42 Å². The zero-order chi connectivity index (χ0) is 14.9. The summed E-state index contributed by atoms with van der Waals surface area (Å²) in [6, 6.07) is 7.32. The lowest BCUT2D eigenvalue weighted by atomic mass is 10.00. The number of piperidine rings is 1. The number of nitrogens with one attached hydrogen (secondary N) is 2. The van der Waals surface area contributed by atoms with Gasteiger partial charge in [-0.2, -0.15) is 0 Å². The van der Waals surface area contributed by atoms with Gasteiger partial charge in [0.25, 0.3) is 0 Å². The van der Waals surface area contributed by atoms with Crippen LogP contribution >= 0.6 is 0 Å². The molecule has 0 radical (unpaired) electrons. The van der Waals surface area contributed by atoms with E-state index in [0.29, 0.717) is 10.9 Å². The monoisotopic (exact) mass is 309 g/mol. The molecule has 2 atom stereocenters. The molecule has 0 aliphatic carbocycles. The van der Waals surface area contributed by atoms with Crippen molar-refractivity contribution in [2.75, 3.05) is 25.5 Å². The molecule has 2 heterocycles. The predicted octanol–water partition coefficient (Wildman–Crippen LogP) is 1.63. The number of sulfonamides is 1. The van der Waals surface area contributed by atoms with Crippen molar-refractivity contribution in [1.82, 2.24) is 9.62 Å². The highest BCUT2D eigenvalue weighted by Gasteiger charge is 2.37. The first-order valence-electron chi connectivity index (χ1n) is 7.64. The van der Waals surface area contributed by atoms with Crippen molar-refractivity contribution >= 4 is 15.7 Å². The average molecular weight is 309 g/mol. The number of fused-ring (bicyclic) bond motifs is 1. The maximum Gasteiger partial charge on any atom is 0.240 e. The van der Waals surface area contributed by atoms with Gasteiger partial charge in [0.2, 0.25) is 10.0 Å². The molecule has 5 nitrogen and oxygen atoms in total. The highest BCUT2D eigenvalue weighted by atomic mass is 32.2. The second kappa shape index (κ2) is 5.94. The summed E-state index contributed by atoms with van der Waals surface area (Å²) in [7, 11) is -1.61. The molecule has 1 aromatic rings. The van der Waals surface area contributed by atoms with Crippen LogP contribution in [-0.4, -0.2) is 45.5 Å². The molecule has 2 aliphatic heterocycles. The van der Waals surface area contributed by atoms with Crippen LogP contribution in [-0.2, 0) is 10.0 Å². The Morgan fingerprint density at radius 2 is 1.86 bits per heavy atom. The van der Waals surface area contributed by atoms with E-state index in [2.05, 4.69) is 14.9 Å². The molecule has 2 N–H and O–H groups in total. The minimum atomic E-state index is -3.42. The van der Waals surface area contributed by atoms with Crippen LogP contribution in [0.5, 0.6) is 0 Å². The maximum atomic E-state index is 12.5. The van der Waals surface area contributed by atoms with Gasteiger partial charge in [0, 0.05) is 31.4 Å². The minimum absolute atomic E-state index is 0.0549. The van der Waals surface area contributed by atoms with Crippen molar-refractivity contribution in [3.63, 3.8) is 0 Å². The van der Waals surface area contributed by atoms with E-state index in [4.69, 9.17) is 0 Å². The highest BCUT2D eigenvalue weighted by molar-refractivity contribution is 7.89. The van der Waals surface area contributed by atoms with E-state index in [1.165, 1.54) is 12.8 Å². The Kier molecular flexibility index (Phi) is 4.19. The Hall–Kier alpha value is -1.11. The number of anilines is 1. The van der Waals surface area contributed by atoms with Crippen LogP contribution in [0.15, 0.2) is 29.2 Å². The molecule has 116 valence electrons. The Morgan fingerprint density at radius 1 is 1.10 bits per heavy atom. The summed E-state index contributed by atoms with van der Waals surface area (Å²) in [6.45, 7) is 2.12. The quantitative estimate of drug-likeness (QED) is 0.887. The van der Waals surface area contributed by atoms with E-state index >= 15 is 0 Å². The van der Waals surface area contributed by atoms with Gasteiger partial charge in [0.1, 0.15) is 0 Å². The third-order valence-corrected chi connectivity index (χ3v) is 6.12. The van der Waals surface area contributed by atoms with Crippen LogP contribution in [0.4, 0.5) is 5.69 Å². The number of hydrogen-bond donors (Lipinski definition) is 2. The van der Waals surface area contributed by atoms with Gasteiger partial charge in [-0.25, -0.2) is 13.1 Å². The van der Waals surface area contributed by atoms with Crippen molar-refractivity contribution in [2.24, 2.45) is 0 Å². The van der Waals surface area contributed by atoms with Crippen molar-refractivity contribution < 1.29 is 8.42 Å². The summed E-state index contributed by atoms with van der Waals surface area (Å²) in [5.41, 5.74) is 0.910. The first-order valence-corrected chi connectivity index (χ1v) is 9.13.